The van der Waals surface area contributed by atoms with Crippen LogP contribution in [0, 0.1) is 15.5 Å². The van der Waals surface area contributed by atoms with Crippen molar-refractivity contribution in [3.8, 4) is 17.2 Å². The number of fused-ring (bicyclic) bond motifs is 2. The lowest BCUT2D eigenvalue weighted by molar-refractivity contribution is -0.384. The van der Waals surface area contributed by atoms with Crippen molar-refractivity contribution >= 4 is 67.1 Å². The van der Waals surface area contributed by atoms with Gasteiger partial charge in [0, 0.05) is 87.3 Å². The van der Waals surface area contributed by atoms with Gasteiger partial charge in [0.1, 0.15) is 29.8 Å². The highest BCUT2D eigenvalue weighted by atomic mass is 35.5. The maximum atomic E-state index is 14.0. The number of aromatic amines is 1. The fourth-order valence-corrected chi connectivity index (χ4v) is 9.31. The van der Waals surface area contributed by atoms with Crippen LogP contribution in [0.3, 0.4) is 0 Å². The summed E-state index contributed by atoms with van der Waals surface area (Å²) < 4.78 is 41.6. The van der Waals surface area contributed by atoms with E-state index < -0.39 is 37.5 Å². The number of hydrogen-bond acceptors (Lipinski definition) is 12. The smallest absolute Gasteiger partial charge is 0.297 e. The van der Waals surface area contributed by atoms with Crippen LogP contribution in [0.25, 0.3) is 16.6 Å². The summed E-state index contributed by atoms with van der Waals surface area (Å²) in [5.74, 6) is -1.17. The molecule has 0 radical (unpaired) electrons. The molecule has 0 saturated carbocycles. The monoisotopic (exact) mass is 882 g/mol. The van der Waals surface area contributed by atoms with Crippen molar-refractivity contribution in [1.29, 1.82) is 0 Å². The Labute approximate surface area is 364 Å². The Morgan fingerprint density at radius 3 is 2.55 bits per heavy atom. The number of hydrogen-bond donors (Lipinski definition) is 3. The van der Waals surface area contributed by atoms with Gasteiger partial charge in [-0.3, -0.25) is 24.6 Å². The SMILES string of the molecule is CN(C)C(=O)[C@H]1COc2cc(S(=O)(=O)NC(=O)c3ccc(N4CCN(CC5=C(c6ccc(Cl)cc6)CC(C)(C)CC5)CC4)cc3Oc3cnc4[nH]ccc4c3)cc([N+](=O)[O-])c2N1. The second kappa shape index (κ2) is 16.9. The molecule has 16 nitrogen and oxygen atoms in total. The van der Waals surface area contributed by atoms with Crippen molar-refractivity contribution in [2.75, 3.05) is 63.6 Å². The number of rotatable bonds is 11. The molecule has 0 bridgehead atoms. The predicted molar refractivity (Wildman–Crippen MR) is 237 cm³/mol. The summed E-state index contributed by atoms with van der Waals surface area (Å²) in [5.41, 5.74) is 4.80. The molecule has 62 heavy (non-hydrogen) atoms. The number of amides is 2. The van der Waals surface area contributed by atoms with Crippen LogP contribution in [0.4, 0.5) is 17.1 Å². The molecule has 8 rings (SSSR count). The number of likely N-dealkylation sites (N-methyl/N-ethyl adjacent to an activating group) is 1. The van der Waals surface area contributed by atoms with Crippen LogP contribution in [0.1, 0.15) is 49.0 Å². The minimum absolute atomic E-state index is 0.0810. The van der Waals surface area contributed by atoms with E-state index in [0.717, 1.165) is 67.1 Å². The first-order valence-corrected chi connectivity index (χ1v) is 22.1. The number of nitro groups is 1. The lowest BCUT2D eigenvalue weighted by Gasteiger charge is -2.39. The van der Waals surface area contributed by atoms with Crippen molar-refractivity contribution in [2.45, 2.75) is 44.0 Å². The van der Waals surface area contributed by atoms with Gasteiger partial charge in [-0.25, -0.2) is 18.1 Å². The van der Waals surface area contributed by atoms with Gasteiger partial charge in [-0.1, -0.05) is 43.2 Å². The zero-order chi connectivity index (χ0) is 43.9. The summed E-state index contributed by atoms with van der Waals surface area (Å²) in [4.78, 5) is 50.7. The number of allylic oxidation sites excluding steroid dienone is 1. The van der Waals surface area contributed by atoms with Gasteiger partial charge in [0.15, 0.2) is 11.4 Å². The van der Waals surface area contributed by atoms with E-state index in [-0.39, 0.29) is 40.7 Å². The Morgan fingerprint density at radius 1 is 1.06 bits per heavy atom. The van der Waals surface area contributed by atoms with Crippen LogP contribution in [0.2, 0.25) is 5.02 Å². The van der Waals surface area contributed by atoms with Crippen molar-refractivity contribution < 1.29 is 32.4 Å². The van der Waals surface area contributed by atoms with Crippen LogP contribution in [0.15, 0.2) is 89.6 Å². The van der Waals surface area contributed by atoms with Crippen LogP contribution in [-0.4, -0.2) is 104 Å². The molecule has 3 aliphatic rings. The van der Waals surface area contributed by atoms with E-state index in [2.05, 4.69) is 55.8 Å². The minimum atomic E-state index is -4.72. The third-order valence-corrected chi connectivity index (χ3v) is 13.2. The van der Waals surface area contributed by atoms with Gasteiger partial charge in [0.05, 0.1) is 21.6 Å². The van der Waals surface area contributed by atoms with Crippen molar-refractivity contribution in [1.82, 2.24) is 24.5 Å². The molecule has 3 N–H and O–H groups in total. The Morgan fingerprint density at radius 2 is 1.82 bits per heavy atom. The van der Waals surface area contributed by atoms with Crippen molar-refractivity contribution in [2.24, 2.45) is 5.41 Å². The molecule has 3 aromatic carbocycles. The Bertz CT molecular complexity index is 2710. The highest BCUT2D eigenvalue weighted by Crippen LogP contribution is 2.44. The number of halogens is 1. The highest BCUT2D eigenvalue weighted by molar-refractivity contribution is 7.90. The number of sulfonamides is 1. The van der Waals surface area contributed by atoms with Crippen LogP contribution >= 0.6 is 11.6 Å². The van der Waals surface area contributed by atoms with Crippen LogP contribution < -0.4 is 24.4 Å². The molecule has 5 aromatic rings. The van der Waals surface area contributed by atoms with Gasteiger partial charge in [-0.05, 0) is 72.2 Å². The fourth-order valence-electron chi connectivity index (χ4n) is 8.18. The average Bonchev–Trinajstić information content (AvgIpc) is 3.72. The number of piperazine rings is 1. The number of nitrogens with one attached hydrogen (secondary N) is 3. The number of H-pyrrole nitrogens is 1. The molecular formula is C44H47ClN8O8S. The molecule has 2 aliphatic heterocycles. The zero-order valence-electron chi connectivity index (χ0n) is 34.7. The van der Waals surface area contributed by atoms with E-state index in [9.17, 15) is 28.1 Å². The summed E-state index contributed by atoms with van der Waals surface area (Å²) in [5, 5.41) is 16.4. The third kappa shape index (κ3) is 9.05. The van der Waals surface area contributed by atoms with Gasteiger partial charge in [-0.15, -0.1) is 0 Å². The molecule has 1 atom stereocenters. The Balaban J connectivity index is 1.03. The molecule has 4 heterocycles. The number of nitrogens with zero attached hydrogens (tertiary/aromatic N) is 5. The number of carbonyl (C=O) groups excluding carboxylic acids is 2. The lowest BCUT2D eigenvalue weighted by Crippen LogP contribution is -2.47. The third-order valence-electron chi connectivity index (χ3n) is 11.6. The summed E-state index contributed by atoms with van der Waals surface area (Å²) in [7, 11) is -1.65. The summed E-state index contributed by atoms with van der Waals surface area (Å²) in [6.07, 6.45) is 6.39. The molecular weight excluding hydrogens is 836 g/mol. The minimum Gasteiger partial charge on any atom is -0.488 e. The predicted octanol–water partition coefficient (Wildman–Crippen LogP) is 7.08. The molecule has 0 unspecified atom stereocenters. The number of carbonyl (C=O) groups is 2. The molecule has 1 saturated heterocycles. The fraction of sp³-hybridized carbons (Fsp3) is 0.341. The standard InChI is InChI=1S/C44H47ClN8O8S/c1-44(2)13-11-29(35(23-44)27-5-7-30(45)8-6-27)25-51-15-17-52(18-16-51)31-9-10-34(38(20-31)61-32-19-28-12-14-46-41(28)47-24-32)42(54)49-62(58,59)33-21-37(53(56)57)40-39(22-33)60-26-36(48-40)43(55)50(3)4/h5-10,12,14,19-22,24,36,48H,11,13,15-18,23,25-26H2,1-4H3,(H,46,47)(H,49,54)/t36-/m1/s1. The number of pyridine rings is 1. The Kier molecular flexibility index (Phi) is 11.6. The quantitative estimate of drug-likeness (QED) is 0.0904. The first-order valence-electron chi connectivity index (χ1n) is 20.2. The van der Waals surface area contributed by atoms with E-state index >= 15 is 0 Å². The first kappa shape index (κ1) is 42.5. The summed E-state index contributed by atoms with van der Waals surface area (Å²) >= 11 is 6.23. The number of nitro benzene ring substituents is 1. The zero-order valence-corrected chi connectivity index (χ0v) is 36.3. The van der Waals surface area contributed by atoms with Crippen LogP contribution in [-0.2, 0) is 14.8 Å². The van der Waals surface area contributed by atoms with Gasteiger partial charge < -0.3 is 29.6 Å². The van der Waals surface area contributed by atoms with E-state index in [0.29, 0.717) is 24.5 Å². The number of anilines is 2. The molecule has 1 fully saturated rings. The van der Waals surface area contributed by atoms with Gasteiger partial charge in [0.25, 0.3) is 21.6 Å². The maximum absolute atomic E-state index is 14.0. The van der Waals surface area contributed by atoms with E-state index in [4.69, 9.17) is 21.1 Å². The van der Waals surface area contributed by atoms with Crippen molar-refractivity contribution in [3.63, 3.8) is 0 Å². The second-order valence-electron chi connectivity index (χ2n) is 16.8. The number of ether oxygens (including phenoxy) is 2. The van der Waals surface area contributed by atoms with Crippen LogP contribution in [0.5, 0.6) is 17.2 Å². The number of benzene rings is 3. The first-order chi connectivity index (χ1) is 29.5. The highest BCUT2D eigenvalue weighted by Gasteiger charge is 2.35. The molecule has 324 valence electrons. The second-order valence-corrected chi connectivity index (χ2v) is 18.9. The molecule has 2 aromatic heterocycles. The largest absolute Gasteiger partial charge is 0.488 e. The van der Waals surface area contributed by atoms with Gasteiger partial charge >= 0.3 is 0 Å². The average molecular weight is 883 g/mol. The van der Waals surface area contributed by atoms with E-state index in [1.54, 1.807) is 24.4 Å². The Hall–Kier alpha value is -6.17. The van der Waals surface area contributed by atoms with E-state index in [1.807, 2.05) is 18.2 Å². The number of aromatic nitrogens is 2. The summed E-state index contributed by atoms with van der Waals surface area (Å²) in [6, 6.07) is 17.6. The molecule has 18 heteroatoms. The molecule has 1 aliphatic carbocycles. The molecule has 2 amide bonds. The van der Waals surface area contributed by atoms with Crippen molar-refractivity contribution in [3.05, 3.63) is 111 Å². The maximum Gasteiger partial charge on any atom is 0.297 e. The lowest BCUT2D eigenvalue weighted by atomic mass is 9.72. The van der Waals surface area contributed by atoms with E-state index in [1.165, 1.54) is 48.0 Å². The van der Waals surface area contributed by atoms with Gasteiger partial charge in [-0.2, -0.15) is 0 Å². The molecule has 0 spiro atoms. The summed E-state index contributed by atoms with van der Waals surface area (Å²) in [6.45, 7) is 8.29. The normalized spacial score (nSPS) is 17.8. The van der Waals surface area contributed by atoms with Gasteiger partial charge in [0.2, 0.25) is 5.91 Å². The topological polar surface area (TPSA) is 192 Å².